The second-order valence-electron chi connectivity index (χ2n) is 5.13. The Labute approximate surface area is 115 Å². The number of amides is 1. The highest BCUT2D eigenvalue weighted by Crippen LogP contribution is 2.16. The van der Waals surface area contributed by atoms with Gasteiger partial charge < -0.3 is 9.64 Å². The number of hydrogen-bond acceptors (Lipinski definition) is 4. The molecule has 7 nitrogen and oxygen atoms in total. The molecule has 1 rings (SSSR count). The fraction of sp³-hybridized carbons (Fsp3) is 0.909. The molecule has 0 unspecified atom stereocenters. The van der Waals surface area contributed by atoms with Crippen molar-refractivity contribution in [1.82, 2.24) is 13.5 Å². The van der Waals surface area contributed by atoms with Crippen LogP contribution in [-0.2, 0) is 19.7 Å². The first kappa shape index (κ1) is 16.4. The van der Waals surface area contributed by atoms with E-state index in [0.29, 0.717) is 13.1 Å². The van der Waals surface area contributed by atoms with Crippen LogP contribution in [0.2, 0.25) is 0 Å². The molecule has 1 heterocycles. The minimum absolute atomic E-state index is 0.142. The van der Waals surface area contributed by atoms with E-state index in [-0.39, 0.29) is 24.7 Å². The second kappa shape index (κ2) is 6.17. The van der Waals surface area contributed by atoms with Crippen LogP contribution in [0.3, 0.4) is 0 Å². The van der Waals surface area contributed by atoms with Gasteiger partial charge in [0.15, 0.2) is 0 Å². The van der Waals surface area contributed by atoms with E-state index in [1.165, 1.54) is 16.3 Å². The number of nitrogens with zero attached hydrogens (tertiary/aromatic N) is 3. The minimum Gasteiger partial charge on any atom is -0.373 e. The molecule has 1 saturated heterocycles. The van der Waals surface area contributed by atoms with Gasteiger partial charge in [0.05, 0.1) is 18.8 Å². The molecule has 0 radical (unpaired) electrons. The summed E-state index contributed by atoms with van der Waals surface area (Å²) in [5.41, 5.74) is 0. The number of rotatable bonds is 4. The SMILES string of the molecule is C[C@@H]1CN(S(=O)(=O)N(C)CC(=O)N(C)C)C[C@H](C)O1. The lowest BCUT2D eigenvalue weighted by Crippen LogP contribution is -2.53. The molecule has 0 aromatic carbocycles. The molecule has 8 heteroatoms. The molecule has 2 atom stereocenters. The van der Waals surface area contributed by atoms with Gasteiger partial charge in [-0.15, -0.1) is 0 Å². The van der Waals surface area contributed by atoms with Gasteiger partial charge in [-0.1, -0.05) is 0 Å². The highest BCUT2D eigenvalue weighted by molar-refractivity contribution is 7.86. The summed E-state index contributed by atoms with van der Waals surface area (Å²) in [6.07, 6.45) is -0.284. The van der Waals surface area contributed by atoms with E-state index >= 15 is 0 Å². The van der Waals surface area contributed by atoms with E-state index < -0.39 is 10.2 Å². The summed E-state index contributed by atoms with van der Waals surface area (Å²) in [6, 6.07) is 0. The summed E-state index contributed by atoms with van der Waals surface area (Å²) < 4.78 is 32.7. The molecule has 0 aliphatic carbocycles. The van der Waals surface area contributed by atoms with Crippen LogP contribution >= 0.6 is 0 Å². The van der Waals surface area contributed by atoms with Gasteiger partial charge in [-0.3, -0.25) is 4.79 Å². The van der Waals surface area contributed by atoms with Crippen LogP contribution in [0.4, 0.5) is 0 Å². The van der Waals surface area contributed by atoms with Gasteiger partial charge in [0.2, 0.25) is 5.91 Å². The molecule has 0 spiro atoms. The van der Waals surface area contributed by atoms with Crippen LogP contribution in [0.25, 0.3) is 0 Å². The zero-order valence-corrected chi connectivity index (χ0v) is 13.0. The molecule has 1 amide bonds. The lowest BCUT2D eigenvalue weighted by atomic mass is 10.3. The smallest absolute Gasteiger partial charge is 0.282 e. The Morgan fingerprint density at radius 2 is 1.68 bits per heavy atom. The van der Waals surface area contributed by atoms with Gasteiger partial charge in [-0.05, 0) is 13.8 Å². The standard InChI is InChI=1S/C11H23N3O4S/c1-9-6-14(7-10(2)18-9)19(16,17)13(5)8-11(15)12(3)4/h9-10H,6-8H2,1-5H3/t9-,10+. The van der Waals surface area contributed by atoms with E-state index in [4.69, 9.17) is 4.74 Å². The van der Waals surface area contributed by atoms with Crippen molar-refractivity contribution >= 4 is 16.1 Å². The average Bonchev–Trinajstić information content (AvgIpc) is 2.27. The zero-order chi connectivity index (χ0) is 14.8. The lowest BCUT2D eigenvalue weighted by Gasteiger charge is -2.36. The molecule has 0 aromatic heterocycles. The maximum Gasteiger partial charge on any atom is 0.282 e. The highest BCUT2D eigenvalue weighted by atomic mass is 32.2. The van der Waals surface area contributed by atoms with E-state index in [9.17, 15) is 13.2 Å². The average molecular weight is 293 g/mol. The Hall–Kier alpha value is -0.700. The minimum atomic E-state index is -3.62. The molecular formula is C11H23N3O4S. The molecule has 0 N–H and O–H groups in total. The predicted molar refractivity (Wildman–Crippen MR) is 71.8 cm³/mol. The molecular weight excluding hydrogens is 270 g/mol. The number of carbonyl (C=O) groups excluding carboxylic acids is 1. The van der Waals surface area contributed by atoms with Crippen molar-refractivity contribution in [1.29, 1.82) is 0 Å². The van der Waals surface area contributed by atoms with Gasteiger partial charge >= 0.3 is 0 Å². The van der Waals surface area contributed by atoms with Gasteiger partial charge in [0, 0.05) is 34.2 Å². The lowest BCUT2D eigenvalue weighted by molar-refractivity contribution is -0.128. The molecule has 0 bridgehead atoms. The molecule has 1 aliphatic rings. The first-order valence-electron chi connectivity index (χ1n) is 6.21. The van der Waals surface area contributed by atoms with Crippen molar-refractivity contribution < 1.29 is 17.9 Å². The van der Waals surface area contributed by atoms with Crippen molar-refractivity contribution in [2.75, 3.05) is 40.8 Å². The summed E-state index contributed by atoms with van der Waals surface area (Å²) in [5, 5.41) is 0. The van der Waals surface area contributed by atoms with Crippen molar-refractivity contribution in [2.24, 2.45) is 0 Å². The summed E-state index contributed by atoms with van der Waals surface area (Å²) in [6.45, 7) is 4.14. The van der Waals surface area contributed by atoms with Crippen LogP contribution in [0.5, 0.6) is 0 Å². The monoisotopic (exact) mass is 293 g/mol. The number of hydrogen-bond donors (Lipinski definition) is 0. The summed E-state index contributed by atoms with van der Waals surface area (Å²) in [7, 11) is 0.999. The number of likely N-dealkylation sites (N-methyl/N-ethyl adjacent to an activating group) is 2. The summed E-state index contributed by atoms with van der Waals surface area (Å²) in [4.78, 5) is 13.0. The molecule has 19 heavy (non-hydrogen) atoms. The molecule has 0 saturated carbocycles. The fourth-order valence-corrected chi connectivity index (χ4v) is 3.39. The number of morpholine rings is 1. The normalized spacial score (nSPS) is 25.6. The van der Waals surface area contributed by atoms with Crippen LogP contribution in [0.15, 0.2) is 0 Å². The topological polar surface area (TPSA) is 70.2 Å². The largest absolute Gasteiger partial charge is 0.373 e. The molecule has 112 valence electrons. The Morgan fingerprint density at radius 1 is 1.21 bits per heavy atom. The Morgan fingerprint density at radius 3 is 2.11 bits per heavy atom. The van der Waals surface area contributed by atoms with E-state index in [2.05, 4.69) is 0 Å². The quantitative estimate of drug-likeness (QED) is 0.691. The number of carbonyl (C=O) groups is 1. The van der Waals surface area contributed by atoms with Crippen molar-refractivity contribution in [3.63, 3.8) is 0 Å². The number of ether oxygens (including phenoxy) is 1. The molecule has 1 fully saturated rings. The van der Waals surface area contributed by atoms with Crippen molar-refractivity contribution in [3.8, 4) is 0 Å². The van der Waals surface area contributed by atoms with Crippen LogP contribution < -0.4 is 0 Å². The molecule has 1 aliphatic heterocycles. The predicted octanol–water partition coefficient (Wildman–Crippen LogP) is -0.640. The third kappa shape index (κ3) is 4.13. The third-order valence-electron chi connectivity index (χ3n) is 2.96. The van der Waals surface area contributed by atoms with Gasteiger partial charge in [-0.2, -0.15) is 17.0 Å². The maximum absolute atomic E-state index is 12.4. The second-order valence-corrected chi connectivity index (χ2v) is 7.16. The highest BCUT2D eigenvalue weighted by Gasteiger charge is 2.34. The van der Waals surface area contributed by atoms with Gasteiger partial charge in [-0.25, -0.2) is 0 Å². The Balaban J connectivity index is 2.76. The summed E-state index contributed by atoms with van der Waals surface area (Å²) >= 11 is 0. The summed E-state index contributed by atoms with van der Waals surface area (Å²) in [5.74, 6) is -0.250. The van der Waals surface area contributed by atoms with E-state index in [1.54, 1.807) is 14.1 Å². The van der Waals surface area contributed by atoms with Crippen LogP contribution in [0.1, 0.15) is 13.8 Å². The Bertz CT molecular complexity index is 414. The van der Waals surface area contributed by atoms with E-state index in [1.807, 2.05) is 13.8 Å². The maximum atomic E-state index is 12.4. The van der Waals surface area contributed by atoms with Gasteiger partial charge in [0.1, 0.15) is 0 Å². The van der Waals surface area contributed by atoms with Crippen molar-refractivity contribution in [3.05, 3.63) is 0 Å². The Kier molecular flexibility index (Phi) is 5.31. The first-order chi connectivity index (χ1) is 8.64. The molecule has 0 aromatic rings. The van der Waals surface area contributed by atoms with Crippen LogP contribution in [0, 0.1) is 0 Å². The third-order valence-corrected chi connectivity index (χ3v) is 4.83. The van der Waals surface area contributed by atoms with Crippen molar-refractivity contribution in [2.45, 2.75) is 26.1 Å². The first-order valence-corrected chi connectivity index (χ1v) is 7.61. The zero-order valence-electron chi connectivity index (χ0n) is 12.2. The van der Waals surface area contributed by atoms with E-state index in [0.717, 1.165) is 4.31 Å². The fourth-order valence-electron chi connectivity index (χ4n) is 1.93. The van der Waals surface area contributed by atoms with Gasteiger partial charge in [0.25, 0.3) is 10.2 Å². The van der Waals surface area contributed by atoms with Crippen LogP contribution in [-0.4, -0.2) is 80.8 Å².